The Bertz CT molecular complexity index is 1160. The number of esters is 1. The van der Waals surface area contributed by atoms with Gasteiger partial charge in [0.15, 0.2) is 6.10 Å². The Labute approximate surface area is 296 Å². The summed E-state index contributed by atoms with van der Waals surface area (Å²) in [6.07, 6.45) is 20.6. The number of allylic oxidation sites excluding steroid dienone is 3. The zero-order chi connectivity index (χ0) is 35.4. The topological polar surface area (TPSA) is 99.6 Å². The van der Waals surface area contributed by atoms with E-state index in [0.717, 1.165) is 51.0 Å². The van der Waals surface area contributed by atoms with Gasteiger partial charge in [0.25, 0.3) is 0 Å². The first-order valence-electron chi connectivity index (χ1n) is 19.4. The quantitative estimate of drug-likeness (QED) is 0.127. The zero-order valence-corrected chi connectivity index (χ0v) is 31.1. The van der Waals surface area contributed by atoms with Crippen molar-refractivity contribution in [2.24, 2.45) is 17.8 Å². The van der Waals surface area contributed by atoms with Crippen LogP contribution in [0.15, 0.2) is 36.0 Å². The molecule has 0 aromatic heterocycles. The highest BCUT2D eigenvalue weighted by Gasteiger charge is 2.37. The second-order valence-corrected chi connectivity index (χ2v) is 15.7. The zero-order valence-electron chi connectivity index (χ0n) is 31.1. The third kappa shape index (κ3) is 12.3. The van der Waals surface area contributed by atoms with E-state index in [4.69, 9.17) is 9.47 Å². The number of carbonyl (C=O) groups excluding carboxylic acids is 3. The SMILES string of the molecule is C/C(=C\C=C\[C@@H](C)CCC(=O)N1CCCC1)[C@H]1OC(=O)C[C@H](C)CC[C@@](C)(O)[C@@H](OC(=O)N2CCN(C3CCCCCC3)CC2)/C=C/[C@@H]1C. The Kier molecular flexibility index (Phi) is 15.3. The minimum Gasteiger partial charge on any atom is -0.457 e. The normalized spacial score (nSPS) is 31.8. The minimum absolute atomic E-state index is 0.0000505. The molecule has 0 radical (unpaired) electrons. The van der Waals surface area contributed by atoms with Crippen LogP contribution in [-0.4, -0.2) is 101 Å². The van der Waals surface area contributed by atoms with E-state index in [1.54, 1.807) is 17.9 Å². The molecule has 6 atom stereocenters. The maximum absolute atomic E-state index is 13.5. The van der Waals surface area contributed by atoms with E-state index >= 15 is 0 Å². The molecule has 3 fully saturated rings. The molecule has 4 rings (SSSR count). The van der Waals surface area contributed by atoms with Gasteiger partial charge in [0.1, 0.15) is 11.7 Å². The number of piperazine rings is 1. The fraction of sp³-hybridized carbons (Fsp3) is 0.775. The van der Waals surface area contributed by atoms with Crippen molar-refractivity contribution >= 4 is 18.0 Å². The summed E-state index contributed by atoms with van der Waals surface area (Å²) in [5.74, 6) is 0.00792. The van der Waals surface area contributed by atoms with Crippen molar-refractivity contribution in [3.63, 3.8) is 0 Å². The van der Waals surface area contributed by atoms with Gasteiger partial charge in [0, 0.05) is 64.1 Å². The summed E-state index contributed by atoms with van der Waals surface area (Å²) in [5.41, 5.74) is -0.389. The summed E-state index contributed by atoms with van der Waals surface area (Å²) >= 11 is 0. The van der Waals surface area contributed by atoms with Gasteiger partial charge in [-0.3, -0.25) is 14.5 Å². The number of carbonyl (C=O) groups is 3. The van der Waals surface area contributed by atoms with Gasteiger partial charge in [-0.05, 0) is 82.3 Å². The molecule has 0 unspecified atom stereocenters. The van der Waals surface area contributed by atoms with Gasteiger partial charge >= 0.3 is 12.1 Å². The van der Waals surface area contributed by atoms with E-state index in [2.05, 4.69) is 17.9 Å². The van der Waals surface area contributed by atoms with Crippen molar-refractivity contribution in [1.82, 2.24) is 14.7 Å². The van der Waals surface area contributed by atoms with Crippen LogP contribution in [0.4, 0.5) is 4.79 Å². The molecule has 0 aromatic carbocycles. The molecule has 4 aliphatic rings. The lowest BCUT2D eigenvalue weighted by molar-refractivity contribution is -0.150. The Morgan fingerprint density at radius 3 is 2.33 bits per heavy atom. The largest absolute Gasteiger partial charge is 0.457 e. The van der Waals surface area contributed by atoms with Gasteiger partial charge in [0.05, 0.1) is 0 Å². The molecular weight excluding hydrogens is 618 g/mol. The van der Waals surface area contributed by atoms with E-state index in [9.17, 15) is 19.5 Å². The van der Waals surface area contributed by atoms with Crippen molar-refractivity contribution in [1.29, 1.82) is 0 Å². The van der Waals surface area contributed by atoms with E-state index in [1.165, 1.54) is 38.5 Å². The van der Waals surface area contributed by atoms with Crippen molar-refractivity contribution in [3.05, 3.63) is 36.0 Å². The average molecular weight is 684 g/mol. The second-order valence-electron chi connectivity index (χ2n) is 15.7. The van der Waals surface area contributed by atoms with Crippen molar-refractivity contribution < 1.29 is 29.0 Å². The highest BCUT2D eigenvalue weighted by molar-refractivity contribution is 5.76. The predicted octanol–water partition coefficient (Wildman–Crippen LogP) is 7.05. The molecule has 0 spiro atoms. The number of likely N-dealkylation sites (tertiary alicyclic amines) is 1. The molecule has 49 heavy (non-hydrogen) atoms. The van der Waals surface area contributed by atoms with Gasteiger partial charge in [0.2, 0.25) is 5.91 Å². The molecule has 9 heteroatoms. The van der Waals surface area contributed by atoms with Crippen LogP contribution in [0.25, 0.3) is 0 Å². The van der Waals surface area contributed by atoms with Gasteiger partial charge < -0.3 is 24.4 Å². The third-order valence-corrected chi connectivity index (χ3v) is 11.3. The molecular formula is C40H65N3O6. The second kappa shape index (κ2) is 19.1. The lowest BCUT2D eigenvalue weighted by Gasteiger charge is -2.40. The Morgan fingerprint density at radius 2 is 1.65 bits per heavy atom. The smallest absolute Gasteiger partial charge is 0.410 e. The van der Waals surface area contributed by atoms with Gasteiger partial charge in [-0.15, -0.1) is 0 Å². The summed E-state index contributed by atoms with van der Waals surface area (Å²) in [6, 6.07) is 0.618. The minimum atomic E-state index is -1.29. The lowest BCUT2D eigenvalue weighted by atomic mass is 9.87. The molecule has 2 amide bonds. The highest BCUT2D eigenvalue weighted by atomic mass is 16.6. The molecule has 2 saturated heterocycles. The molecule has 9 nitrogen and oxygen atoms in total. The van der Waals surface area contributed by atoms with Gasteiger partial charge in [-0.1, -0.05) is 70.8 Å². The summed E-state index contributed by atoms with van der Waals surface area (Å²) in [5, 5.41) is 11.6. The predicted molar refractivity (Wildman–Crippen MR) is 194 cm³/mol. The Hall–Kier alpha value is -2.65. The molecule has 0 bridgehead atoms. The average Bonchev–Trinajstić information content (AvgIpc) is 3.49. The van der Waals surface area contributed by atoms with Gasteiger partial charge in [-0.2, -0.15) is 0 Å². The Balaban J connectivity index is 1.40. The molecule has 3 heterocycles. The van der Waals surface area contributed by atoms with Crippen LogP contribution in [0.5, 0.6) is 0 Å². The number of nitrogens with zero attached hydrogens (tertiary/aromatic N) is 3. The van der Waals surface area contributed by atoms with Crippen LogP contribution in [0, 0.1) is 17.8 Å². The van der Waals surface area contributed by atoms with Crippen LogP contribution in [0.3, 0.4) is 0 Å². The summed E-state index contributed by atoms with van der Waals surface area (Å²) in [4.78, 5) is 45.3. The van der Waals surface area contributed by atoms with Crippen LogP contribution in [0.2, 0.25) is 0 Å². The van der Waals surface area contributed by atoms with Gasteiger partial charge in [-0.25, -0.2) is 4.79 Å². The number of rotatable bonds is 8. The lowest BCUT2D eigenvalue weighted by Crippen LogP contribution is -2.53. The van der Waals surface area contributed by atoms with Crippen LogP contribution < -0.4 is 0 Å². The monoisotopic (exact) mass is 683 g/mol. The van der Waals surface area contributed by atoms with Crippen LogP contribution in [0.1, 0.15) is 118 Å². The van der Waals surface area contributed by atoms with E-state index in [0.29, 0.717) is 38.4 Å². The summed E-state index contributed by atoms with van der Waals surface area (Å²) in [6.45, 7) is 14.5. The molecule has 1 saturated carbocycles. The fourth-order valence-electron chi connectivity index (χ4n) is 7.76. The molecule has 1 aliphatic carbocycles. The van der Waals surface area contributed by atoms with Crippen LogP contribution >= 0.6 is 0 Å². The molecule has 3 aliphatic heterocycles. The summed E-state index contributed by atoms with van der Waals surface area (Å²) < 4.78 is 12.2. The maximum atomic E-state index is 13.5. The summed E-state index contributed by atoms with van der Waals surface area (Å²) in [7, 11) is 0. The number of amides is 2. The van der Waals surface area contributed by atoms with Crippen LogP contribution in [-0.2, 0) is 19.1 Å². The number of hydrogen-bond donors (Lipinski definition) is 1. The maximum Gasteiger partial charge on any atom is 0.410 e. The first kappa shape index (κ1) is 39.1. The van der Waals surface area contributed by atoms with Crippen molar-refractivity contribution in [3.8, 4) is 0 Å². The number of cyclic esters (lactones) is 1. The Morgan fingerprint density at radius 1 is 0.980 bits per heavy atom. The standard InChI is InChI=1S/C40H65N3O6/c1-30(17-20-36(44)42-23-10-11-24-42)13-12-14-32(3)38-33(4)18-19-35(40(5,47)22-21-31(2)29-37(45)49-38)48-39(46)43-27-25-41(26-28-43)34-15-8-6-7-9-16-34/h12-14,18-19,30-31,33-35,38,47H,6-11,15-17,20-29H2,1-5H3/b13-12+,19-18+,32-14+/t30-,31-,33+,35+,38-,40-/m1/s1. The van der Waals surface area contributed by atoms with E-state index in [-0.39, 0.29) is 42.1 Å². The third-order valence-electron chi connectivity index (χ3n) is 11.3. The first-order valence-corrected chi connectivity index (χ1v) is 19.4. The first-order chi connectivity index (χ1) is 23.4. The van der Waals surface area contributed by atoms with E-state index < -0.39 is 17.8 Å². The van der Waals surface area contributed by atoms with Crippen molar-refractivity contribution in [2.75, 3.05) is 39.3 Å². The van der Waals surface area contributed by atoms with E-state index in [1.807, 2.05) is 43.9 Å². The molecule has 1 N–H and O–H groups in total. The van der Waals surface area contributed by atoms with Crippen molar-refractivity contribution in [2.45, 2.75) is 142 Å². The fourth-order valence-corrected chi connectivity index (χ4v) is 7.76. The molecule has 276 valence electrons. The number of aliphatic hydroxyl groups is 1. The molecule has 0 aromatic rings. The highest BCUT2D eigenvalue weighted by Crippen LogP contribution is 2.29. The number of ether oxygens (including phenoxy) is 2. The number of hydrogen-bond acceptors (Lipinski definition) is 7.